The molecule has 0 bridgehead atoms. The van der Waals surface area contributed by atoms with E-state index >= 15 is 0 Å². The molecule has 1 aromatic heterocycles. The number of thiophene rings is 1. The van der Waals surface area contributed by atoms with Crippen LogP contribution in [0.2, 0.25) is 0 Å². The number of ether oxygens (including phenoxy) is 1. The van der Waals surface area contributed by atoms with Crippen molar-refractivity contribution in [2.75, 3.05) is 39.3 Å². The number of aliphatic imine (C=N–C) groups is 1. The Morgan fingerprint density at radius 2 is 1.97 bits per heavy atom. The topological polar surface area (TPSA) is 101 Å². The first-order valence-corrected chi connectivity index (χ1v) is 13.2. The van der Waals surface area contributed by atoms with E-state index in [4.69, 9.17) is 15.3 Å². The molecular formula is C25H39N5O4S. The molecule has 1 fully saturated rings. The lowest BCUT2D eigenvalue weighted by Crippen LogP contribution is -2.39. The van der Waals surface area contributed by atoms with Gasteiger partial charge in [0.25, 0.3) is 5.91 Å². The van der Waals surface area contributed by atoms with Gasteiger partial charge in [-0.05, 0) is 52.7 Å². The molecule has 0 aromatic carbocycles. The van der Waals surface area contributed by atoms with Crippen molar-refractivity contribution in [1.29, 1.82) is 0 Å². The van der Waals surface area contributed by atoms with Gasteiger partial charge in [-0.3, -0.25) is 14.5 Å². The molecule has 2 N–H and O–H groups in total. The second-order valence-electron chi connectivity index (χ2n) is 9.83. The molecule has 0 radical (unpaired) electrons. The van der Waals surface area contributed by atoms with Gasteiger partial charge in [0.15, 0.2) is 0 Å². The molecule has 0 spiro atoms. The summed E-state index contributed by atoms with van der Waals surface area (Å²) in [4.78, 5) is 41.9. The highest BCUT2D eigenvalue weighted by Crippen LogP contribution is 2.35. The highest BCUT2D eigenvalue weighted by molar-refractivity contribution is 7.13. The number of amidine groups is 1. The van der Waals surface area contributed by atoms with Crippen LogP contribution < -0.4 is 5.73 Å². The molecule has 0 aliphatic carbocycles. The van der Waals surface area contributed by atoms with E-state index in [1.165, 1.54) is 5.06 Å². The Hall–Kier alpha value is -2.43. The summed E-state index contributed by atoms with van der Waals surface area (Å²) in [5, 5.41) is 1.42. The third-order valence-electron chi connectivity index (χ3n) is 5.56. The minimum Gasteiger partial charge on any atom is -0.444 e. The van der Waals surface area contributed by atoms with Gasteiger partial charge in [-0.2, -0.15) is 0 Å². The molecule has 1 saturated heterocycles. The lowest BCUT2D eigenvalue weighted by atomic mass is 10.1. The predicted molar refractivity (Wildman–Crippen MR) is 140 cm³/mol. The maximum Gasteiger partial charge on any atom is 0.410 e. The van der Waals surface area contributed by atoms with E-state index in [-0.39, 0.29) is 12.0 Å². The van der Waals surface area contributed by atoms with Gasteiger partial charge in [-0.25, -0.2) is 14.9 Å². The Bertz CT molecular complexity index is 960. The Labute approximate surface area is 212 Å². The summed E-state index contributed by atoms with van der Waals surface area (Å²) in [6.07, 6.45) is 3.65. The third-order valence-corrected chi connectivity index (χ3v) is 6.62. The fourth-order valence-electron chi connectivity index (χ4n) is 4.05. The Kier molecular flexibility index (Phi) is 9.32. The van der Waals surface area contributed by atoms with Crippen LogP contribution in [0.4, 0.5) is 10.5 Å². The molecule has 10 heteroatoms. The molecular weight excluding hydrogens is 466 g/mol. The fourth-order valence-corrected chi connectivity index (χ4v) is 5.16. The van der Waals surface area contributed by atoms with E-state index in [0.717, 1.165) is 47.9 Å². The van der Waals surface area contributed by atoms with E-state index in [1.54, 1.807) is 16.2 Å². The summed E-state index contributed by atoms with van der Waals surface area (Å²) in [5.74, 6) is 0.257. The van der Waals surface area contributed by atoms with E-state index < -0.39 is 5.60 Å². The zero-order chi connectivity index (χ0) is 25.6. The minimum absolute atomic E-state index is 0.163. The maximum atomic E-state index is 13.1. The van der Waals surface area contributed by atoms with Crippen LogP contribution in [0.1, 0.15) is 63.6 Å². The first kappa shape index (κ1) is 27.2. The average Bonchev–Trinajstić information content (AvgIpc) is 2.91. The van der Waals surface area contributed by atoms with Crippen molar-refractivity contribution < 1.29 is 19.2 Å². The van der Waals surface area contributed by atoms with Crippen LogP contribution in [-0.4, -0.2) is 77.6 Å². The summed E-state index contributed by atoms with van der Waals surface area (Å²) in [6, 6.07) is 2.06. The maximum absolute atomic E-state index is 13.1. The van der Waals surface area contributed by atoms with Gasteiger partial charge in [0.1, 0.15) is 11.4 Å². The van der Waals surface area contributed by atoms with E-state index in [9.17, 15) is 9.59 Å². The highest BCUT2D eigenvalue weighted by atomic mass is 32.1. The van der Waals surface area contributed by atoms with Crippen LogP contribution >= 0.6 is 11.3 Å². The number of amides is 2. The molecule has 194 valence electrons. The molecule has 1 aromatic rings. The molecule has 0 atom stereocenters. The molecule has 0 unspecified atom stereocenters. The molecule has 2 amide bonds. The van der Waals surface area contributed by atoms with Crippen molar-refractivity contribution in [3.8, 4) is 0 Å². The normalized spacial score (nSPS) is 17.1. The van der Waals surface area contributed by atoms with Gasteiger partial charge < -0.3 is 15.4 Å². The predicted octanol–water partition coefficient (Wildman–Crippen LogP) is 4.16. The summed E-state index contributed by atoms with van der Waals surface area (Å²) in [7, 11) is 0. The van der Waals surface area contributed by atoms with E-state index in [0.29, 0.717) is 44.1 Å². The third kappa shape index (κ3) is 7.78. The first-order valence-electron chi connectivity index (χ1n) is 12.4. The van der Waals surface area contributed by atoms with Gasteiger partial charge in [-0.1, -0.05) is 6.92 Å². The molecule has 0 saturated carbocycles. The highest BCUT2D eigenvalue weighted by Gasteiger charge is 2.26. The largest absolute Gasteiger partial charge is 0.444 e. The quantitative estimate of drug-likeness (QED) is 0.559. The summed E-state index contributed by atoms with van der Waals surface area (Å²) in [6.45, 7) is 14.2. The van der Waals surface area contributed by atoms with Crippen molar-refractivity contribution >= 4 is 40.9 Å². The van der Waals surface area contributed by atoms with Gasteiger partial charge >= 0.3 is 6.09 Å². The van der Waals surface area contributed by atoms with Crippen LogP contribution in [0.5, 0.6) is 0 Å². The van der Waals surface area contributed by atoms with Crippen molar-refractivity contribution in [2.45, 2.75) is 66.0 Å². The van der Waals surface area contributed by atoms with Crippen molar-refractivity contribution in [1.82, 2.24) is 14.9 Å². The monoisotopic (exact) mass is 505 g/mol. The number of nitrogens with two attached hydrogens (primary N) is 1. The number of carbonyl (C=O) groups is 2. The Morgan fingerprint density at radius 3 is 2.66 bits per heavy atom. The Balaban J connectivity index is 1.70. The molecule has 9 nitrogen and oxygen atoms in total. The number of fused-ring (bicyclic) bond motifs is 1. The fraction of sp³-hybridized carbons (Fsp3) is 0.640. The van der Waals surface area contributed by atoms with Crippen LogP contribution in [0, 0.1) is 0 Å². The SMILES string of the molecule is CCCN(OCC)C(=O)C1=Cc2sc(CN3CCCN(C(=O)OC(C)(C)C)CC3)cc2N=C(N)C1. The molecule has 35 heavy (non-hydrogen) atoms. The molecule has 2 aliphatic rings. The molecule has 3 rings (SSSR count). The number of hydrogen-bond acceptors (Lipinski definition) is 8. The van der Waals surface area contributed by atoms with Crippen molar-refractivity contribution in [3.63, 3.8) is 0 Å². The number of hydrogen-bond donors (Lipinski definition) is 1. The smallest absolute Gasteiger partial charge is 0.410 e. The van der Waals surface area contributed by atoms with Gasteiger partial charge in [0.05, 0.1) is 17.2 Å². The van der Waals surface area contributed by atoms with E-state index in [1.807, 2.05) is 40.7 Å². The van der Waals surface area contributed by atoms with Crippen LogP contribution in [0.25, 0.3) is 6.08 Å². The Morgan fingerprint density at radius 1 is 1.20 bits per heavy atom. The van der Waals surface area contributed by atoms with Gasteiger partial charge in [0.2, 0.25) is 0 Å². The second kappa shape index (κ2) is 12.0. The average molecular weight is 506 g/mol. The van der Waals surface area contributed by atoms with Gasteiger partial charge in [0, 0.05) is 56.1 Å². The van der Waals surface area contributed by atoms with Gasteiger partial charge in [-0.15, -0.1) is 11.3 Å². The number of rotatable bonds is 7. The lowest BCUT2D eigenvalue weighted by Gasteiger charge is -2.26. The standard InChI is InChI=1S/C25H39N5O4S/c1-6-9-30(33-7-2)23(31)18-14-21-20(27-22(26)15-18)16-19(35-21)17-28-10-8-11-29(13-12-28)24(32)34-25(3,4)5/h14,16H,6-13,15,17H2,1-5H3,(H2,26,27). The van der Waals surface area contributed by atoms with Crippen molar-refractivity contribution in [2.24, 2.45) is 10.7 Å². The zero-order valence-electron chi connectivity index (χ0n) is 21.6. The summed E-state index contributed by atoms with van der Waals surface area (Å²) in [5.41, 5.74) is 7.06. The summed E-state index contributed by atoms with van der Waals surface area (Å²) >= 11 is 1.63. The number of hydroxylamine groups is 2. The van der Waals surface area contributed by atoms with Crippen LogP contribution in [0.15, 0.2) is 16.6 Å². The van der Waals surface area contributed by atoms with Crippen molar-refractivity contribution in [3.05, 3.63) is 21.4 Å². The molecule has 2 aliphatic heterocycles. The summed E-state index contributed by atoms with van der Waals surface area (Å²) < 4.78 is 5.54. The lowest BCUT2D eigenvalue weighted by molar-refractivity contribution is -0.180. The second-order valence-corrected chi connectivity index (χ2v) is 11.0. The van der Waals surface area contributed by atoms with Crippen LogP contribution in [-0.2, 0) is 20.9 Å². The first-order chi connectivity index (χ1) is 16.6. The number of nitrogens with zero attached hydrogens (tertiary/aromatic N) is 4. The minimum atomic E-state index is -0.496. The van der Waals surface area contributed by atoms with Crippen LogP contribution in [0.3, 0.4) is 0 Å². The molecule has 3 heterocycles. The number of carbonyl (C=O) groups excluding carboxylic acids is 2. The van der Waals surface area contributed by atoms with E-state index in [2.05, 4.69) is 16.0 Å². The zero-order valence-corrected chi connectivity index (χ0v) is 22.4.